The maximum absolute atomic E-state index is 2.48. The first-order valence-electron chi connectivity index (χ1n) is 25.2. The molecule has 0 atom stereocenters. The zero-order chi connectivity index (χ0) is 48.0. The smallest absolute Gasteiger partial charge is 0.0713 e. The van der Waals surface area contributed by atoms with E-state index in [0.29, 0.717) is 0 Å². The second-order valence-corrected chi connectivity index (χ2v) is 20.0. The van der Waals surface area contributed by atoms with Crippen LogP contribution in [-0.4, -0.2) is 4.57 Å². The van der Waals surface area contributed by atoms with Crippen molar-refractivity contribution in [3.63, 3.8) is 0 Å². The first-order chi connectivity index (χ1) is 35.5. The standard InChI is InChI=1S/C70H50N2/c1-69(2)63-33-15-12-30-57(63)59-40-37-56(46-66(59)69)71(53-27-10-5-11-28-53)54-29-19-22-49(43-54)47-20-18-21-48(42-47)50-36-39-61-60-32-14-17-35-67(60)72(68(61)44-50)55-38-41-65-62(45-55)58-31-13-16-34-64(58)70(65,51-23-6-3-7-24-51)52-25-8-4-9-26-52/h3-46H,1-2H3. The highest BCUT2D eigenvalue weighted by Gasteiger charge is 2.46. The summed E-state index contributed by atoms with van der Waals surface area (Å²) in [5.74, 6) is 0. The SMILES string of the molecule is CC1(C)c2ccccc2-c2ccc(N(c3ccccc3)c3cccc(-c4cccc(-c5ccc6c7ccccc7n(-c7ccc8c(c7)-c7ccccc7C8(c7ccccc7)c7ccccc7)c6c5)c4)c3)cc21. The van der Waals surface area contributed by atoms with Gasteiger partial charge in [-0.15, -0.1) is 0 Å². The molecule has 0 N–H and O–H groups in total. The van der Waals surface area contributed by atoms with Crippen molar-refractivity contribution in [3.05, 3.63) is 300 Å². The number of hydrogen-bond donors (Lipinski definition) is 0. The molecular weight excluding hydrogens is 869 g/mol. The minimum atomic E-state index is -0.447. The summed E-state index contributed by atoms with van der Waals surface area (Å²) >= 11 is 0. The van der Waals surface area contributed by atoms with Gasteiger partial charge in [-0.3, -0.25) is 0 Å². The minimum absolute atomic E-state index is 0.102. The van der Waals surface area contributed by atoms with E-state index in [-0.39, 0.29) is 5.41 Å². The third-order valence-corrected chi connectivity index (χ3v) is 15.8. The Morgan fingerprint density at radius 1 is 0.306 bits per heavy atom. The Morgan fingerprint density at radius 2 is 0.833 bits per heavy atom. The molecule has 11 aromatic carbocycles. The van der Waals surface area contributed by atoms with Gasteiger partial charge in [-0.2, -0.15) is 0 Å². The number of hydrogen-bond acceptors (Lipinski definition) is 1. The van der Waals surface area contributed by atoms with Crippen LogP contribution in [0.25, 0.3) is 72.0 Å². The zero-order valence-electron chi connectivity index (χ0n) is 40.3. The highest BCUT2D eigenvalue weighted by atomic mass is 15.1. The van der Waals surface area contributed by atoms with E-state index in [1.54, 1.807) is 0 Å². The van der Waals surface area contributed by atoms with Crippen LogP contribution in [0, 0.1) is 0 Å². The van der Waals surface area contributed by atoms with Crippen LogP contribution < -0.4 is 4.90 Å². The first kappa shape index (κ1) is 41.9. The van der Waals surface area contributed by atoms with Crippen LogP contribution in [0.1, 0.15) is 47.2 Å². The Morgan fingerprint density at radius 3 is 1.57 bits per heavy atom. The lowest BCUT2D eigenvalue weighted by Gasteiger charge is -2.33. The molecule has 0 saturated carbocycles. The summed E-state index contributed by atoms with van der Waals surface area (Å²) in [6.45, 7) is 4.71. The Hall–Kier alpha value is -8.98. The van der Waals surface area contributed by atoms with Crippen molar-refractivity contribution in [3.8, 4) is 50.2 Å². The molecule has 0 aliphatic heterocycles. The van der Waals surface area contributed by atoms with Crippen molar-refractivity contribution >= 4 is 38.9 Å². The summed E-state index contributed by atoms with van der Waals surface area (Å²) in [6, 6.07) is 98.9. The molecule has 0 fully saturated rings. The highest BCUT2D eigenvalue weighted by molar-refractivity contribution is 6.10. The predicted molar refractivity (Wildman–Crippen MR) is 301 cm³/mol. The number of aromatic nitrogens is 1. The summed E-state index contributed by atoms with van der Waals surface area (Å²) in [4.78, 5) is 2.40. The van der Waals surface area contributed by atoms with Gasteiger partial charge in [-0.25, -0.2) is 0 Å². The van der Waals surface area contributed by atoms with Gasteiger partial charge >= 0.3 is 0 Å². The van der Waals surface area contributed by atoms with Crippen LogP contribution >= 0.6 is 0 Å². The molecule has 340 valence electrons. The maximum Gasteiger partial charge on any atom is 0.0713 e. The zero-order valence-corrected chi connectivity index (χ0v) is 40.3. The van der Waals surface area contributed by atoms with Gasteiger partial charge in [0.15, 0.2) is 0 Å². The van der Waals surface area contributed by atoms with Gasteiger partial charge in [0.05, 0.1) is 16.4 Å². The van der Waals surface area contributed by atoms with E-state index in [9.17, 15) is 0 Å². The van der Waals surface area contributed by atoms with Crippen LogP contribution in [0.15, 0.2) is 267 Å². The predicted octanol–water partition coefficient (Wildman–Crippen LogP) is 18.3. The van der Waals surface area contributed by atoms with E-state index < -0.39 is 5.41 Å². The van der Waals surface area contributed by atoms with Gasteiger partial charge in [-0.05, 0) is 145 Å². The minimum Gasteiger partial charge on any atom is -0.310 e. The van der Waals surface area contributed by atoms with Gasteiger partial charge in [0.2, 0.25) is 0 Å². The number of rotatable bonds is 8. The van der Waals surface area contributed by atoms with Gasteiger partial charge in [0.1, 0.15) is 0 Å². The lowest BCUT2D eigenvalue weighted by molar-refractivity contribution is 0.660. The topological polar surface area (TPSA) is 8.17 Å². The van der Waals surface area contributed by atoms with Crippen LogP contribution in [0.3, 0.4) is 0 Å². The average Bonchev–Trinajstić information content (AvgIpc) is 4.02. The molecule has 14 rings (SSSR count). The number of anilines is 3. The largest absolute Gasteiger partial charge is 0.310 e. The molecule has 1 heterocycles. The molecule has 0 amide bonds. The van der Waals surface area contributed by atoms with Crippen LogP contribution in [-0.2, 0) is 10.8 Å². The second kappa shape index (κ2) is 16.3. The van der Waals surface area contributed by atoms with Crippen molar-refractivity contribution < 1.29 is 0 Å². The van der Waals surface area contributed by atoms with E-state index >= 15 is 0 Å². The molecule has 0 spiro atoms. The third-order valence-electron chi connectivity index (χ3n) is 15.8. The second-order valence-electron chi connectivity index (χ2n) is 20.0. The van der Waals surface area contributed by atoms with Crippen molar-refractivity contribution in [1.82, 2.24) is 4.57 Å². The summed E-state index contributed by atoms with van der Waals surface area (Å²) in [7, 11) is 0. The summed E-state index contributed by atoms with van der Waals surface area (Å²) in [5, 5.41) is 2.48. The number of fused-ring (bicyclic) bond motifs is 9. The monoisotopic (exact) mass is 918 g/mol. The van der Waals surface area contributed by atoms with E-state index in [4.69, 9.17) is 0 Å². The molecule has 2 aliphatic rings. The molecular formula is C70H50N2. The number of benzene rings is 11. The summed E-state index contributed by atoms with van der Waals surface area (Å²) < 4.78 is 2.48. The van der Waals surface area contributed by atoms with Crippen LogP contribution in [0.2, 0.25) is 0 Å². The molecule has 2 nitrogen and oxygen atoms in total. The van der Waals surface area contributed by atoms with E-state index in [1.807, 2.05) is 0 Å². The Kier molecular flexibility index (Phi) is 9.50. The Balaban J connectivity index is 0.874. The summed E-state index contributed by atoms with van der Waals surface area (Å²) in [6.07, 6.45) is 0. The van der Waals surface area contributed by atoms with Gasteiger partial charge in [0.25, 0.3) is 0 Å². The third kappa shape index (κ3) is 6.28. The van der Waals surface area contributed by atoms with Gasteiger partial charge in [0, 0.05) is 38.9 Å². The average molecular weight is 919 g/mol. The fraction of sp³-hybridized carbons (Fsp3) is 0.0571. The van der Waals surface area contributed by atoms with Crippen molar-refractivity contribution in [1.29, 1.82) is 0 Å². The quantitative estimate of drug-likeness (QED) is 0.147. The highest BCUT2D eigenvalue weighted by Crippen LogP contribution is 2.57. The fourth-order valence-electron chi connectivity index (χ4n) is 12.6. The number of nitrogens with zero attached hydrogens (tertiary/aromatic N) is 2. The molecule has 2 heteroatoms. The van der Waals surface area contributed by atoms with E-state index in [1.165, 1.54) is 99.7 Å². The van der Waals surface area contributed by atoms with Crippen LogP contribution in [0.5, 0.6) is 0 Å². The molecule has 72 heavy (non-hydrogen) atoms. The van der Waals surface area contributed by atoms with Gasteiger partial charge in [-0.1, -0.05) is 214 Å². The van der Waals surface area contributed by atoms with Crippen molar-refractivity contribution in [2.45, 2.75) is 24.7 Å². The Bertz CT molecular complexity index is 4030. The Labute approximate surface area is 421 Å². The molecule has 1 aromatic heterocycles. The molecule has 0 saturated heterocycles. The number of para-hydroxylation sites is 2. The summed E-state index contributed by atoms with van der Waals surface area (Å²) in [5.41, 5.74) is 24.2. The molecule has 0 bridgehead atoms. The fourth-order valence-corrected chi connectivity index (χ4v) is 12.6. The molecule has 0 unspecified atom stereocenters. The van der Waals surface area contributed by atoms with E-state index in [0.717, 1.165) is 22.7 Å². The van der Waals surface area contributed by atoms with Crippen molar-refractivity contribution in [2.75, 3.05) is 4.90 Å². The van der Waals surface area contributed by atoms with Gasteiger partial charge < -0.3 is 9.47 Å². The van der Waals surface area contributed by atoms with Crippen LogP contribution in [0.4, 0.5) is 17.1 Å². The molecule has 2 aliphatic carbocycles. The molecule has 12 aromatic rings. The van der Waals surface area contributed by atoms with E-state index in [2.05, 4.69) is 290 Å². The van der Waals surface area contributed by atoms with Crippen molar-refractivity contribution in [2.24, 2.45) is 0 Å². The lowest BCUT2D eigenvalue weighted by atomic mass is 9.68. The maximum atomic E-state index is 2.48. The molecule has 0 radical (unpaired) electrons. The normalized spacial score (nSPS) is 13.6. The lowest BCUT2D eigenvalue weighted by Crippen LogP contribution is -2.28. The first-order valence-corrected chi connectivity index (χ1v) is 25.2.